The van der Waals surface area contributed by atoms with Crippen molar-refractivity contribution >= 4 is 56.1 Å². The van der Waals surface area contributed by atoms with E-state index < -0.39 is 0 Å². The average Bonchev–Trinajstić information content (AvgIpc) is 2.84. The molecule has 0 aliphatic carbocycles. The monoisotopic (exact) mass is 349 g/mol. The van der Waals surface area contributed by atoms with E-state index in [1.165, 1.54) is 11.3 Å². The van der Waals surface area contributed by atoms with Gasteiger partial charge in [-0.15, -0.1) is 22.7 Å². The number of rotatable bonds is 3. The van der Waals surface area contributed by atoms with Crippen LogP contribution in [0.4, 0.5) is 0 Å². The van der Waals surface area contributed by atoms with E-state index in [1.807, 2.05) is 23.8 Å². The van der Waals surface area contributed by atoms with Crippen LogP contribution in [0.3, 0.4) is 0 Å². The minimum absolute atomic E-state index is 0.117. The largest absolute Gasteiger partial charge is 0.346 e. The van der Waals surface area contributed by atoms with Gasteiger partial charge in [0.25, 0.3) is 5.91 Å². The maximum Gasteiger partial charge on any atom is 0.263 e. The van der Waals surface area contributed by atoms with Crippen molar-refractivity contribution in [2.45, 2.75) is 13.5 Å². The Bertz CT molecular complexity index is 549. The maximum atomic E-state index is 11.9. The molecule has 0 saturated carbocycles. The highest BCUT2D eigenvalue weighted by Gasteiger charge is 2.14. The minimum Gasteiger partial charge on any atom is -0.346 e. The van der Waals surface area contributed by atoms with Gasteiger partial charge in [0.05, 0.1) is 11.6 Å². The lowest BCUT2D eigenvalue weighted by atomic mass is 10.3. The Kier molecular flexibility index (Phi) is 4.25. The normalized spacial score (nSPS) is 10.5. The lowest BCUT2D eigenvalue weighted by molar-refractivity contribution is 0.0955. The summed E-state index contributed by atoms with van der Waals surface area (Å²) in [7, 11) is 0. The van der Waals surface area contributed by atoms with E-state index in [2.05, 4.69) is 21.2 Å². The Balaban J connectivity index is 2.03. The van der Waals surface area contributed by atoms with Gasteiger partial charge in [-0.25, -0.2) is 0 Å². The maximum absolute atomic E-state index is 11.9. The highest BCUT2D eigenvalue weighted by atomic mass is 79.9. The Morgan fingerprint density at radius 2 is 2.29 bits per heavy atom. The Morgan fingerprint density at radius 3 is 2.82 bits per heavy atom. The molecule has 0 saturated heterocycles. The summed E-state index contributed by atoms with van der Waals surface area (Å²) in [4.78, 5) is 13.6. The van der Waals surface area contributed by atoms with E-state index in [1.54, 1.807) is 11.3 Å². The van der Waals surface area contributed by atoms with Gasteiger partial charge in [-0.2, -0.15) is 0 Å². The standard InChI is InChI=1S/C11H9BrClNOS2/c1-6-5-17-10(9(6)13)11(15)14-4-8-7(12)2-3-16-8/h2-3,5H,4H2,1H3,(H,14,15). The van der Waals surface area contributed by atoms with E-state index in [4.69, 9.17) is 11.6 Å². The van der Waals surface area contributed by atoms with Crippen LogP contribution in [-0.4, -0.2) is 5.91 Å². The molecule has 0 bridgehead atoms. The first-order valence-electron chi connectivity index (χ1n) is 4.83. The molecule has 0 spiro atoms. The first-order chi connectivity index (χ1) is 8.09. The summed E-state index contributed by atoms with van der Waals surface area (Å²) in [5, 5.41) is 7.28. The zero-order chi connectivity index (χ0) is 12.4. The highest BCUT2D eigenvalue weighted by Crippen LogP contribution is 2.27. The molecule has 1 amide bonds. The number of thiophene rings is 2. The van der Waals surface area contributed by atoms with Crippen LogP contribution in [0, 0.1) is 6.92 Å². The summed E-state index contributed by atoms with van der Waals surface area (Å²) in [6.07, 6.45) is 0. The van der Waals surface area contributed by atoms with Crippen molar-refractivity contribution in [3.8, 4) is 0 Å². The summed E-state index contributed by atoms with van der Waals surface area (Å²) < 4.78 is 1.02. The smallest absolute Gasteiger partial charge is 0.263 e. The number of carbonyl (C=O) groups excluding carboxylic acids is 1. The van der Waals surface area contributed by atoms with Crippen LogP contribution in [0.15, 0.2) is 21.3 Å². The fourth-order valence-corrected chi connectivity index (χ4v) is 3.90. The predicted molar refractivity (Wildman–Crippen MR) is 77.3 cm³/mol. The molecular weight excluding hydrogens is 342 g/mol. The van der Waals surface area contributed by atoms with Crippen LogP contribution in [0.2, 0.25) is 5.02 Å². The molecule has 6 heteroatoms. The van der Waals surface area contributed by atoms with Crippen LogP contribution >= 0.6 is 50.2 Å². The van der Waals surface area contributed by atoms with Gasteiger partial charge in [-0.05, 0) is 45.2 Å². The summed E-state index contributed by atoms with van der Waals surface area (Å²) in [5.74, 6) is -0.117. The van der Waals surface area contributed by atoms with Gasteiger partial charge in [0.2, 0.25) is 0 Å². The first kappa shape index (κ1) is 13.1. The molecule has 2 heterocycles. The van der Waals surface area contributed by atoms with Gasteiger partial charge < -0.3 is 5.32 Å². The van der Waals surface area contributed by atoms with Crippen LogP contribution in [0.25, 0.3) is 0 Å². The summed E-state index contributed by atoms with van der Waals surface area (Å²) in [6, 6.07) is 1.97. The lowest BCUT2D eigenvalue weighted by Gasteiger charge is -2.03. The fourth-order valence-electron chi connectivity index (χ4n) is 1.28. The van der Waals surface area contributed by atoms with E-state index in [0.717, 1.165) is 14.9 Å². The molecule has 2 aromatic heterocycles. The minimum atomic E-state index is -0.117. The number of hydrogen-bond donors (Lipinski definition) is 1. The summed E-state index contributed by atoms with van der Waals surface area (Å²) >= 11 is 12.4. The molecule has 90 valence electrons. The van der Waals surface area contributed by atoms with E-state index in [0.29, 0.717) is 16.4 Å². The van der Waals surface area contributed by atoms with Crippen molar-refractivity contribution in [3.63, 3.8) is 0 Å². The number of hydrogen-bond acceptors (Lipinski definition) is 3. The second kappa shape index (κ2) is 5.52. The third kappa shape index (κ3) is 2.91. The molecule has 0 radical (unpaired) electrons. The number of halogens is 2. The Labute approximate surface area is 121 Å². The van der Waals surface area contributed by atoms with Gasteiger partial charge in [-0.3, -0.25) is 4.79 Å². The predicted octanol–water partition coefficient (Wildman–Crippen LogP) is 4.46. The Hall–Kier alpha value is -0.360. The molecule has 0 aliphatic heterocycles. The second-order valence-electron chi connectivity index (χ2n) is 3.44. The zero-order valence-electron chi connectivity index (χ0n) is 8.92. The topological polar surface area (TPSA) is 29.1 Å². The van der Waals surface area contributed by atoms with Crippen LogP contribution in [0.1, 0.15) is 20.1 Å². The van der Waals surface area contributed by atoms with Crippen molar-refractivity contribution < 1.29 is 4.79 Å². The number of carbonyl (C=O) groups is 1. The second-order valence-corrected chi connectivity index (χ2v) is 6.55. The molecule has 2 aromatic rings. The first-order valence-corrected chi connectivity index (χ1v) is 7.76. The van der Waals surface area contributed by atoms with Gasteiger partial charge in [0.1, 0.15) is 4.88 Å². The SMILES string of the molecule is Cc1csc(C(=O)NCc2sccc2Br)c1Cl. The van der Waals surface area contributed by atoms with Gasteiger partial charge in [0.15, 0.2) is 0 Å². The molecule has 2 nitrogen and oxygen atoms in total. The van der Waals surface area contributed by atoms with Crippen molar-refractivity contribution in [1.82, 2.24) is 5.32 Å². The molecular formula is C11H9BrClNOS2. The van der Waals surface area contributed by atoms with Crippen molar-refractivity contribution in [3.05, 3.63) is 41.6 Å². The number of nitrogens with one attached hydrogen (secondary N) is 1. The molecule has 0 atom stereocenters. The van der Waals surface area contributed by atoms with Gasteiger partial charge in [0, 0.05) is 9.35 Å². The lowest BCUT2D eigenvalue weighted by Crippen LogP contribution is -2.21. The van der Waals surface area contributed by atoms with Gasteiger partial charge in [-0.1, -0.05) is 11.6 Å². The van der Waals surface area contributed by atoms with E-state index in [-0.39, 0.29) is 5.91 Å². The van der Waals surface area contributed by atoms with Crippen LogP contribution < -0.4 is 5.32 Å². The summed E-state index contributed by atoms with van der Waals surface area (Å²) in [6.45, 7) is 2.41. The third-order valence-electron chi connectivity index (χ3n) is 2.21. The molecule has 2 rings (SSSR count). The summed E-state index contributed by atoms with van der Waals surface area (Å²) in [5.41, 5.74) is 0.944. The number of aryl methyl sites for hydroxylation is 1. The fraction of sp³-hybridized carbons (Fsp3) is 0.182. The molecule has 0 aromatic carbocycles. The highest BCUT2D eigenvalue weighted by molar-refractivity contribution is 9.10. The third-order valence-corrected chi connectivity index (χ3v) is 5.83. The van der Waals surface area contributed by atoms with Crippen LogP contribution in [-0.2, 0) is 6.54 Å². The Morgan fingerprint density at radius 1 is 1.53 bits per heavy atom. The van der Waals surface area contributed by atoms with Crippen LogP contribution in [0.5, 0.6) is 0 Å². The van der Waals surface area contributed by atoms with E-state index >= 15 is 0 Å². The molecule has 0 aliphatic rings. The van der Waals surface area contributed by atoms with Crippen molar-refractivity contribution in [1.29, 1.82) is 0 Å². The van der Waals surface area contributed by atoms with E-state index in [9.17, 15) is 4.79 Å². The average molecular weight is 351 g/mol. The van der Waals surface area contributed by atoms with Crippen molar-refractivity contribution in [2.75, 3.05) is 0 Å². The molecule has 0 fully saturated rings. The zero-order valence-corrected chi connectivity index (χ0v) is 12.9. The molecule has 1 N–H and O–H groups in total. The number of amides is 1. The van der Waals surface area contributed by atoms with Gasteiger partial charge >= 0.3 is 0 Å². The van der Waals surface area contributed by atoms with Crippen molar-refractivity contribution in [2.24, 2.45) is 0 Å². The molecule has 0 unspecified atom stereocenters. The molecule has 17 heavy (non-hydrogen) atoms. The quantitative estimate of drug-likeness (QED) is 0.869.